The normalized spacial score (nSPS) is 17.7. The van der Waals surface area contributed by atoms with Crippen molar-refractivity contribution in [2.45, 2.75) is 12.5 Å². The highest BCUT2D eigenvalue weighted by Crippen LogP contribution is 2.18. The molecule has 0 spiro atoms. The van der Waals surface area contributed by atoms with Crippen molar-refractivity contribution in [3.63, 3.8) is 0 Å². The Morgan fingerprint density at radius 3 is 3.11 bits per heavy atom. The van der Waals surface area contributed by atoms with Crippen LogP contribution in [0.5, 0.6) is 0 Å². The van der Waals surface area contributed by atoms with E-state index in [1.54, 1.807) is 11.8 Å². The molecule has 1 atom stereocenters. The van der Waals surface area contributed by atoms with E-state index in [1.165, 1.54) is 18.2 Å². The molecule has 0 saturated carbocycles. The van der Waals surface area contributed by atoms with Gasteiger partial charge in [0.15, 0.2) is 0 Å². The summed E-state index contributed by atoms with van der Waals surface area (Å²) in [4.78, 5) is 12.1. The number of carbonyl (C=O) groups is 1. The molecule has 1 heterocycles. The van der Waals surface area contributed by atoms with Gasteiger partial charge in [0.25, 0.3) is 5.91 Å². The number of nitrogens with one attached hydrogen (secondary N) is 1. The van der Waals surface area contributed by atoms with E-state index < -0.39 is 5.82 Å². The molecular weight excluding hydrogens is 265 g/mol. The Bertz CT molecular complexity index is 530. The number of benzene rings is 1. The van der Waals surface area contributed by atoms with E-state index in [9.17, 15) is 9.18 Å². The minimum atomic E-state index is -0.472. The van der Waals surface area contributed by atoms with Crippen molar-refractivity contribution in [1.82, 2.24) is 5.32 Å². The summed E-state index contributed by atoms with van der Waals surface area (Å²) in [5, 5.41) is 11.6. The molecule has 1 amide bonds. The van der Waals surface area contributed by atoms with Crippen molar-refractivity contribution >= 4 is 17.7 Å². The maximum Gasteiger partial charge on any atom is 0.252 e. The van der Waals surface area contributed by atoms with Crippen molar-refractivity contribution in [2.24, 2.45) is 0 Å². The highest BCUT2D eigenvalue weighted by atomic mass is 32.2. The number of halogens is 1. The lowest BCUT2D eigenvalue weighted by atomic mass is 10.1. The van der Waals surface area contributed by atoms with Crippen LogP contribution in [0.1, 0.15) is 22.3 Å². The zero-order valence-electron chi connectivity index (χ0n) is 10.3. The molecular formula is C14H14FNO2S. The second kappa shape index (κ2) is 6.60. The molecule has 1 fully saturated rings. The molecule has 1 saturated heterocycles. The first-order chi connectivity index (χ1) is 9.20. The number of aliphatic hydroxyl groups excluding tert-OH is 1. The molecule has 100 valence electrons. The second-order valence-electron chi connectivity index (χ2n) is 4.18. The van der Waals surface area contributed by atoms with Crippen LogP contribution in [-0.4, -0.2) is 35.2 Å². The number of aliphatic hydroxyl groups is 1. The van der Waals surface area contributed by atoms with E-state index in [4.69, 9.17) is 5.11 Å². The van der Waals surface area contributed by atoms with Crippen LogP contribution in [0.15, 0.2) is 18.2 Å². The Morgan fingerprint density at radius 2 is 2.42 bits per heavy atom. The van der Waals surface area contributed by atoms with E-state index in [0.29, 0.717) is 5.56 Å². The van der Waals surface area contributed by atoms with Crippen LogP contribution in [0, 0.1) is 17.7 Å². The van der Waals surface area contributed by atoms with Crippen molar-refractivity contribution in [3.8, 4) is 11.8 Å². The molecule has 2 rings (SSSR count). The van der Waals surface area contributed by atoms with Crippen LogP contribution in [0.25, 0.3) is 0 Å². The SMILES string of the molecule is O=C(NC1CCSC1)c1cc(F)ccc1C#CCO. The van der Waals surface area contributed by atoms with Crippen LogP contribution in [0.4, 0.5) is 4.39 Å². The summed E-state index contributed by atoms with van der Waals surface area (Å²) in [5.74, 6) is 6.27. The summed E-state index contributed by atoms with van der Waals surface area (Å²) in [6.07, 6.45) is 0.934. The number of hydrogen-bond donors (Lipinski definition) is 2. The maximum atomic E-state index is 13.3. The van der Waals surface area contributed by atoms with E-state index in [1.807, 2.05) is 0 Å². The summed E-state index contributed by atoms with van der Waals surface area (Å²) in [5.41, 5.74) is 0.649. The third-order valence-electron chi connectivity index (χ3n) is 2.79. The Kier molecular flexibility index (Phi) is 4.83. The van der Waals surface area contributed by atoms with Gasteiger partial charge in [0, 0.05) is 17.4 Å². The Labute approximate surface area is 115 Å². The summed E-state index contributed by atoms with van der Waals surface area (Å²) >= 11 is 1.79. The molecule has 1 aromatic carbocycles. The van der Waals surface area contributed by atoms with Gasteiger partial charge in [-0.05, 0) is 30.4 Å². The van der Waals surface area contributed by atoms with Gasteiger partial charge in [0.2, 0.25) is 0 Å². The number of carbonyl (C=O) groups excluding carboxylic acids is 1. The fraction of sp³-hybridized carbons (Fsp3) is 0.357. The molecule has 19 heavy (non-hydrogen) atoms. The molecule has 0 aromatic heterocycles. The van der Waals surface area contributed by atoms with Crippen molar-refractivity contribution in [2.75, 3.05) is 18.1 Å². The molecule has 3 nitrogen and oxygen atoms in total. The summed E-state index contributed by atoms with van der Waals surface area (Å²) in [7, 11) is 0. The maximum absolute atomic E-state index is 13.3. The second-order valence-corrected chi connectivity index (χ2v) is 5.33. The monoisotopic (exact) mass is 279 g/mol. The molecule has 1 unspecified atom stereocenters. The van der Waals surface area contributed by atoms with Gasteiger partial charge in [0.1, 0.15) is 12.4 Å². The summed E-state index contributed by atoms with van der Waals surface area (Å²) in [6, 6.07) is 4.03. The Hall–Kier alpha value is -1.51. The van der Waals surface area contributed by atoms with Gasteiger partial charge in [-0.2, -0.15) is 11.8 Å². The van der Waals surface area contributed by atoms with Gasteiger partial charge < -0.3 is 10.4 Å². The number of rotatable bonds is 2. The molecule has 1 aromatic rings. The Balaban J connectivity index is 2.20. The third-order valence-corrected chi connectivity index (χ3v) is 3.96. The van der Waals surface area contributed by atoms with Crippen LogP contribution < -0.4 is 5.32 Å². The standard InChI is InChI=1S/C14H14FNO2S/c15-11-4-3-10(2-1-6-17)13(8-11)14(18)16-12-5-7-19-9-12/h3-4,8,12,17H,5-7,9H2,(H,16,18). The Morgan fingerprint density at radius 1 is 1.58 bits per heavy atom. The first kappa shape index (κ1) is 13.9. The fourth-order valence-electron chi connectivity index (χ4n) is 1.86. The molecule has 1 aliphatic rings. The van der Waals surface area contributed by atoms with Gasteiger partial charge in [-0.1, -0.05) is 11.8 Å². The lowest BCUT2D eigenvalue weighted by molar-refractivity contribution is 0.0940. The summed E-state index contributed by atoms with van der Waals surface area (Å²) < 4.78 is 13.3. The number of thioether (sulfide) groups is 1. The minimum absolute atomic E-state index is 0.138. The average molecular weight is 279 g/mol. The minimum Gasteiger partial charge on any atom is -0.384 e. The summed E-state index contributed by atoms with van der Waals surface area (Å²) in [6.45, 7) is -0.294. The lowest BCUT2D eigenvalue weighted by Crippen LogP contribution is -2.35. The zero-order valence-corrected chi connectivity index (χ0v) is 11.1. The molecule has 5 heteroatoms. The highest BCUT2D eigenvalue weighted by Gasteiger charge is 2.20. The van der Waals surface area contributed by atoms with Crippen LogP contribution >= 0.6 is 11.8 Å². The lowest BCUT2D eigenvalue weighted by Gasteiger charge is -2.12. The van der Waals surface area contributed by atoms with E-state index in [-0.39, 0.29) is 24.1 Å². The predicted molar refractivity (Wildman–Crippen MR) is 73.6 cm³/mol. The molecule has 0 radical (unpaired) electrons. The first-order valence-corrected chi connectivity index (χ1v) is 7.14. The van der Waals surface area contributed by atoms with Crippen molar-refractivity contribution in [1.29, 1.82) is 0 Å². The van der Waals surface area contributed by atoms with E-state index >= 15 is 0 Å². The van der Waals surface area contributed by atoms with Crippen LogP contribution in [0.2, 0.25) is 0 Å². The average Bonchev–Trinajstić information content (AvgIpc) is 2.90. The first-order valence-electron chi connectivity index (χ1n) is 5.98. The van der Waals surface area contributed by atoms with Crippen molar-refractivity contribution < 1.29 is 14.3 Å². The molecule has 0 bridgehead atoms. The topological polar surface area (TPSA) is 49.3 Å². The third kappa shape index (κ3) is 3.72. The smallest absolute Gasteiger partial charge is 0.252 e. The predicted octanol–water partition coefficient (Wildman–Crippen LogP) is 1.40. The molecule has 2 N–H and O–H groups in total. The van der Waals surface area contributed by atoms with Crippen molar-refractivity contribution in [3.05, 3.63) is 35.1 Å². The molecule has 1 aliphatic heterocycles. The number of hydrogen-bond acceptors (Lipinski definition) is 3. The number of amides is 1. The zero-order chi connectivity index (χ0) is 13.7. The van der Waals surface area contributed by atoms with E-state index in [0.717, 1.165) is 17.9 Å². The molecule has 0 aliphatic carbocycles. The quantitative estimate of drug-likeness (QED) is 0.805. The van der Waals surface area contributed by atoms with Gasteiger partial charge in [-0.3, -0.25) is 4.79 Å². The van der Waals surface area contributed by atoms with Gasteiger partial charge in [-0.15, -0.1) is 0 Å². The fourth-order valence-corrected chi connectivity index (χ4v) is 3.01. The van der Waals surface area contributed by atoms with E-state index in [2.05, 4.69) is 17.2 Å². The van der Waals surface area contributed by atoms with Gasteiger partial charge in [0.05, 0.1) is 5.56 Å². The van der Waals surface area contributed by atoms with Crippen LogP contribution in [-0.2, 0) is 0 Å². The highest BCUT2D eigenvalue weighted by molar-refractivity contribution is 7.99. The van der Waals surface area contributed by atoms with Crippen LogP contribution in [0.3, 0.4) is 0 Å². The van der Waals surface area contributed by atoms with Gasteiger partial charge in [-0.25, -0.2) is 4.39 Å². The largest absolute Gasteiger partial charge is 0.384 e. The van der Waals surface area contributed by atoms with Gasteiger partial charge >= 0.3 is 0 Å².